The van der Waals surface area contributed by atoms with Gasteiger partial charge in [0.25, 0.3) is 0 Å². The summed E-state index contributed by atoms with van der Waals surface area (Å²) in [6.07, 6.45) is 9.78. The highest BCUT2D eigenvalue weighted by atomic mass is 16.3. The molecular weight excluding hydrogens is 246 g/mol. The molecule has 0 radical (unpaired) electrons. The largest absolute Gasteiger partial charge is 0.507 e. The van der Waals surface area contributed by atoms with Gasteiger partial charge >= 0.3 is 0 Å². The van der Waals surface area contributed by atoms with E-state index in [-0.39, 0.29) is 0 Å². The number of nitrogens with one attached hydrogen (secondary N) is 1. The second-order valence-corrected chi connectivity index (χ2v) is 6.59. The fraction of sp³-hybridized carbons (Fsp3) is 0.667. The van der Waals surface area contributed by atoms with Crippen molar-refractivity contribution in [2.75, 3.05) is 6.54 Å². The third-order valence-corrected chi connectivity index (χ3v) is 5.33. The molecule has 110 valence electrons. The van der Waals surface area contributed by atoms with Crippen LogP contribution in [0.1, 0.15) is 59.9 Å². The monoisotopic (exact) mass is 273 g/mol. The number of rotatable bonds is 2. The molecule has 20 heavy (non-hydrogen) atoms. The van der Waals surface area contributed by atoms with Crippen LogP contribution in [0.4, 0.5) is 0 Å². The first kappa shape index (κ1) is 13.9. The number of hydrogen-bond acceptors (Lipinski definition) is 2. The van der Waals surface area contributed by atoms with Crippen LogP contribution in [0.5, 0.6) is 5.75 Å². The molecule has 1 heterocycles. The lowest BCUT2D eigenvalue weighted by Crippen LogP contribution is -2.35. The topological polar surface area (TPSA) is 32.3 Å². The normalized spacial score (nSPS) is 22.6. The van der Waals surface area contributed by atoms with E-state index in [4.69, 9.17) is 0 Å². The number of phenolic OH excluding ortho intramolecular Hbond substituents is 1. The summed E-state index contributed by atoms with van der Waals surface area (Å²) in [5, 5.41) is 14.2. The molecule has 2 nitrogen and oxygen atoms in total. The highest BCUT2D eigenvalue weighted by Crippen LogP contribution is 2.37. The summed E-state index contributed by atoms with van der Waals surface area (Å²) in [4.78, 5) is 0. The minimum Gasteiger partial charge on any atom is -0.507 e. The summed E-state index contributed by atoms with van der Waals surface area (Å²) >= 11 is 0. The van der Waals surface area contributed by atoms with Gasteiger partial charge in [0.05, 0.1) is 0 Å². The van der Waals surface area contributed by atoms with Crippen LogP contribution in [-0.2, 0) is 19.3 Å². The Morgan fingerprint density at radius 2 is 1.70 bits per heavy atom. The van der Waals surface area contributed by atoms with Crippen molar-refractivity contribution in [1.82, 2.24) is 5.32 Å². The van der Waals surface area contributed by atoms with E-state index in [9.17, 15) is 5.11 Å². The van der Waals surface area contributed by atoms with Crippen molar-refractivity contribution < 1.29 is 5.11 Å². The van der Waals surface area contributed by atoms with Crippen molar-refractivity contribution in [2.24, 2.45) is 0 Å². The van der Waals surface area contributed by atoms with Crippen molar-refractivity contribution in [3.05, 3.63) is 27.8 Å². The smallest absolute Gasteiger partial charge is 0.122 e. The van der Waals surface area contributed by atoms with Gasteiger partial charge in [-0.15, -0.1) is 0 Å². The van der Waals surface area contributed by atoms with Crippen molar-refractivity contribution in [2.45, 2.75) is 71.3 Å². The molecule has 0 spiro atoms. The van der Waals surface area contributed by atoms with Gasteiger partial charge < -0.3 is 10.4 Å². The number of benzene rings is 1. The first-order valence-electron chi connectivity index (χ1n) is 8.24. The van der Waals surface area contributed by atoms with Crippen LogP contribution in [0.25, 0.3) is 0 Å². The molecule has 1 atom stereocenters. The molecule has 1 aliphatic heterocycles. The van der Waals surface area contributed by atoms with E-state index in [1.54, 1.807) is 0 Å². The SMILES string of the molecule is Cc1c(O)c(CC2CCCCN2)c(C)c2c1CCCC2. The molecule has 1 aliphatic carbocycles. The van der Waals surface area contributed by atoms with Gasteiger partial charge in [-0.05, 0) is 93.2 Å². The number of hydrogen-bond donors (Lipinski definition) is 2. The summed E-state index contributed by atoms with van der Waals surface area (Å²) in [7, 11) is 0. The molecular formula is C18H27NO. The first-order valence-corrected chi connectivity index (χ1v) is 8.24. The quantitative estimate of drug-likeness (QED) is 0.863. The van der Waals surface area contributed by atoms with Gasteiger partial charge in [-0.2, -0.15) is 0 Å². The molecule has 1 saturated heterocycles. The summed E-state index contributed by atoms with van der Waals surface area (Å²) in [6.45, 7) is 5.46. The second-order valence-electron chi connectivity index (χ2n) is 6.59. The van der Waals surface area contributed by atoms with Crippen molar-refractivity contribution in [3.63, 3.8) is 0 Å². The number of phenols is 1. The fourth-order valence-electron chi connectivity index (χ4n) is 4.06. The summed E-state index contributed by atoms with van der Waals surface area (Å²) in [6, 6.07) is 0.550. The van der Waals surface area contributed by atoms with Gasteiger partial charge in [0.15, 0.2) is 0 Å². The van der Waals surface area contributed by atoms with Crippen molar-refractivity contribution in [1.29, 1.82) is 0 Å². The molecule has 1 aromatic carbocycles. The minimum atomic E-state index is 0.550. The lowest BCUT2D eigenvalue weighted by Gasteiger charge is -2.28. The van der Waals surface area contributed by atoms with E-state index in [1.165, 1.54) is 60.8 Å². The maximum atomic E-state index is 10.6. The van der Waals surface area contributed by atoms with Crippen molar-refractivity contribution in [3.8, 4) is 5.75 Å². The highest BCUT2D eigenvalue weighted by Gasteiger charge is 2.23. The summed E-state index contributed by atoms with van der Waals surface area (Å²) in [5.41, 5.74) is 6.71. The predicted octanol–water partition coefficient (Wildman–Crippen LogP) is 3.57. The number of fused-ring (bicyclic) bond motifs is 1. The van der Waals surface area contributed by atoms with E-state index in [0.29, 0.717) is 11.8 Å². The molecule has 2 heteroatoms. The van der Waals surface area contributed by atoms with E-state index in [2.05, 4.69) is 19.2 Å². The molecule has 1 fully saturated rings. The molecule has 0 aromatic heterocycles. The maximum absolute atomic E-state index is 10.6. The standard InChI is InChI=1S/C18H27NO/c1-12-15-8-3-4-9-16(15)13(2)18(20)17(12)11-14-7-5-6-10-19-14/h14,19-20H,3-11H2,1-2H3. The van der Waals surface area contributed by atoms with Crippen LogP contribution in [0.2, 0.25) is 0 Å². The molecule has 2 N–H and O–H groups in total. The van der Waals surface area contributed by atoms with Crippen LogP contribution in [0, 0.1) is 13.8 Å². The third kappa shape index (κ3) is 2.46. The zero-order valence-corrected chi connectivity index (χ0v) is 12.9. The Labute approximate surface area is 122 Å². The average Bonchev–Trinajstić information content (AvgIpc) is 2.50. The Balaban J connectivity index is 1.95. The van der Waals surface area contributed by atoms with Gasteiger partial charge in [0.1, 0.15) is 5.75 Å². The average molecular weight is 273 g/mol. The van der Waals surface area contributed by atoms with Crippen LogP contribution >= 0.6 is 0 Å². The van der Waals surface area contributed by atoms with Crippen LogP contribution in [0.15, 0.2) is 0 Å². The Bertz CT molecular complexity index is 501. The second kappa shape index (κ2) is 5.77. The fourth-order valence-corrected chi connectivity index (χ4v) is 4.06. The van der Waals surface area contributed by atoms with E-state index >= 15 is 0 Å². The molecule has 1 unspecified atom stereocenters. The Kier molecular flexibility index (Phi) is 4.02. The number of aromatic hydroxyl groups is 1. The molecule has 0 bridgehead atoms. The Morgan fingerprint density at radius 1 is 1.00 bits per heavy atom. The first-order chi connectivity index (χ1) is 9.68. The van der Waals surface area contributed by atoms with E-state index < -0.39 is 0 Å². The maximum Gasteiger partial charge on any atom is 0.122 e. The lowest BCUT2D eigenvalue weighted by atomic mass is 9.81. The van der Waals surface area contributed by atoms with Gasteiger partial charge in [-0.3, -0.25) is 0 Å². The van der Waals surface area contributed by atoms with Gasteiger partial charge in [0.2, 0.25) is 0 Å². The van der Waals surface area contributed by atoms with Crippen LogP contribution < -0.4 is 5.32 Å². The summed E-state index contributed by atoms with van der Waals surface area (Å²) in [5.74, 6) is 0.579. The molecule has 0 saturated carbocycles. The van der Waals surface area contributed by atoms with E-state index in [1.807, 2.05) is 0 Å². The van der Waals surface area contributed by atoms with Gasteiger partial charge in [-0.25, -0.2) is 0 Å². The molecule has 1 aromatic rings. The van der Waals surface area contributed by atoms with Crippen LogP contribution in [-0.4, -0.2) is 17.7 Å². The van der Waals surface area contributed by atoms with Crippen molar-refractivity contribution >= 4 is 0 Å². The highest BCUT2D eigenvalue weighted by molar-refractivity contribution is 5.55. The van der Waals surface area contributed by atoms with Crippen LogP contribution in [0.3, 0.4) is 0 Å². The zero-order chi connectivity index (χ0) is 14.1. The molecule has 2 aliphatic rings. The molecule has 0 amide bonds. The summed E-state index contributed by atoms with van der Waals surface area (Å²) < 4.78 is 0. The third-order valence-electron chi connectivity index (χ3n) is 5.33. The minimum absolute atomic E-state index is 0.550. The lowest BCUT2D eigenvalue weighted by molar-refractivity contribution is 0.390. The van der Waals surface area contributed by atoms with Gasteiger partial charge in [-0.1, -0.05) is 6.42 Å². The predicted molar refractivity (Wildman–Crippen MR) is 83.6 cm³/mol. The Hall–Kier alpha value is -1.02. The number of piperidine rings is 1. The molecule has 3 rings (SSSR count). The van der Waals surface area contributed by atoms with Gasteiger partial charge in [0, 0.05) is 6.04 Å². The Morgan fingerprint density at radius 3 is 2.35 bits per heavy atom. The zero-order valence-electron chi connectivity index (χ0n) is 12.9. The van der Waals surface area contributed by atoms with E-state index in [0.717, 1.165) is 24.9 Å².